The Balaban J connectivity index is 2.33. The molecule has 0 spiro atoms. The second kappa shape index (κ2) is 2.67. The average molecular weight is 157 g/mol. The highest BCUT2D eigenvalue weighted by Crippen LogP contribution is 2.11. The normalized spacial score (nSPS) is 19.4. The summed E-state index contributed by atoms with van der Waals surface area (Å²) in [5.74, 6) is 0.844. The lowest BCUT2D eigenvalue weighted by atomic mass is 10.2. The van der Waals surface area contributed by atoms with Gasteiger partial charge in [-0.3, -0.25) is 0 Å². The van der Waals surface area contributed by atoms with Gasteiger partial charge in [-0.2, -0.15) is 5.26 Å². The molecular formula is C9H7N3. The third-order valence-corrected chi connectivity index (χ3v) is 1.75. The minimum Gasteiger partial charge on any atom is -0.329 e. The lowest BCUT2D eigenvalue weighted by Crippen LogP contribution is -2.28. The van der Waals surface area contributed by atoms with Gasteiger partial charge in [-0.05, 0) is 18.2 Å². The molecule has 0 fully saturated rings. The van der Waals surface area contributed by atoms with Crippen LogP contribution < -0.4 is 0 Å². The largest absolute Gasteiger partial charge is 0.329 e. The molecule has 0 aromatic heterocycles. The summed E-state index contributed by atoms with van der Waals surface area (Å²) in [4.78, 5) is 6.11. The standard InChI is InChI=1S/C9H7N3/c10-7-8-4-6-12-5-2-1-3-9(12)11-8/h1-5H,6H2. The Kier molecular flexibility index (Phi) is 1.52. The number of allylic oxidation sites excluding steroid dienone is 3. The molecule has 0 unspecified atom stereocenters. The van der Waals surface area contributed by atoms with Crippen LogP contribution in [-0.2, 0) is 0 Å². The van der Waals surface area contributed by atoms with Crippen LogP contribution in [0.4, 0.5) is 0 Å². The van der Waals surface area contributed by atoms with Gasteiger partial charge in [0.05, 0.1) is 0 Å². The zero-order valence-corrected chi connectivity index (χ0v) is 6.44. The molecule has 0 radical (unpaired) electrons. The molecule has 0 N–H and O–H groups in total. The summed E-state index contributed by atoms with van der Waals surface area (Å²) in [5, 5.41) is 8.60. The van der Waals surface area contributed by atoms with Crippen molar-refractivity contribution >= 4 is 5.84 Å². The van der Waals surface area contributed by atoms with Crippen molar-refractivity contribution in [2.45, 2.75) is 0 Å². The van der Waals surface area contributed by atoms with Crippen LogP contribution in [0.25, 0.3) is 0 Å². The van der Waals surface area contributed by atoms with E-state index in [0.29, 0.717) is 5.70 Å². The number of fused-ring (bicyclic) bond motifs is 1. The highest BCUT2D eigenvalue weighted by Gasteiger charge is 2.11. The van der Waals surface area contributed by atoms with E-state index in [4.69, 9.17) is 5.26 Å². The first-order chi connectivity index (χ1) is 5.90. The van der Waals surface area contributed by atoms with Crippen molar-refractivity contribution in [1.82, 2.24) is 4.90 Å². The minimum absolute atomic E-state index is 0.501. The molecule has 3 nitrogen and oxygen atoms in total. The number of aliphatic imine (C=N–C) groups is 1. The molecule has 0 saturated carbocycles. The number of nitriles is 1. The van der Waals surface area contributed by atoms with Gasteiger partial charge in [-0.25, -0.2) is 4.99 Å². The van der Waals surface area contributed by atoms with Gasteiger partial charge in [0, 0.05) is 12.7 Å². The molecule has 2 aliphatic rings. The van der Waals surface area contributed by atoms with Crippen molar-refractivity contribution < 1.29 is 0 Å². The summed E-state index contributed by atoms with van der Waals surface area (Å²) >= 11 is 0. The number of hydrogen-bond donors (Lipinski definition) is 0. The summed E-state index contributed by atoms with van der Waals surface area (Å²) in [5.41, 5.74) is 0.501. The van der Waals surface area contributed by atoms with E-state index in [1.54, 1.807) is 0 Å². The second-order valence-electron chi connectivity index (χ2n) is 2.52. The van der Waals surface area contributed by atoms with E-state index in [1.165, 1.54) is 0 Å². The zero-order valence-electron chi connectivity index (χ0n) is 6.44. The molecule has 0 saturated heterocycles. The van der Waals surface area contributed by atoms with Gasteiger partial charge in [-0.15, -0.1) is 0 Å². The van der Waals surface area contributed by atoms with Crippen molar-refractivity contribution in [3.05, 3.63) is 36.2 Å². The molecule has 0 amide bonds. The van der Waals surface area contributed by atoms with Gasteiger partial charge in [0.25, 0.3) is 0 Å². The second-order valence-corrected chi connectivity index (χ2v) is 2.52. The molecule has 0 bridgehead atoms. The topological polar surface area (TPSA) is 39.4 Å². The maximum Gasteiger partial charge on any atom is 0.140 e. The average Bonchev–Trinajstić information content (AvgIpc) is 2.17. The molecule has 0 aromatic carbocycles. The molecule has 2 heterocycles. The Bertz CT molecular complexity index is 352. The van der Waals surface area contributed by atoms with Crippen LogP contribution in [0.15, 0.2) is 41.2 Å². The summed E-state index contributed by atoms with van der Waals surface area (Å²) in [7, 11) is 0. The lowest BCUT2D eigenvalue weighted by Gasteiger charge is -2.23. The van der Waals surface area contributed by atoms with Crippen LogP contribution in [0.1, 0.15) is 0 Å². The van der Waals surface area contributed by atoms with Crippen LogP contribution in [0.2, 0.25) is 0 Å². The first-order valence-electron chi connectivity index (χ1n) is 3.70. The lowest BCUT2D eigenvalue weighted by molar-refractivity contribution is 0.611. The fourth-order valence-electron chi connectivity index (χ4n) is 1.15. The molecule has 12 heavy (non-hydrogen) atoms. The van der Waals surface area contributed by atoms with Gasteiger partial charge < -0.3 is 4.90 Å². The predicted molar refractivity (Wildman–Crippen MR) is 46.1 cm³/mol. The molecule has 58 valence electrons. The smallest absolute Gasteiger partial charge is 0.140 e. The number of amidine groups is 1. The van der Waals surface area contributed by atoms with Gasteiger partial charge in [-0.1, -0.05) is 6.08 Å². The van der Waals surface area contributed by atoms with Crippen LogP contribution in [-0.4, -0.2) is 17.3 Å². The predicted octanol–water partition coefficient (Wildman–Crippen LogP) is 1.19. The maximum atomic E-state index is 8.60. The number of nitrogens with zero attached hydrogens (tertiary/aromatic N) is 3. The van der Waals surface area contributed by atoms with Crippen LogP contribution in [0.3, 0.4) is 0 Å². The Morgan fingerprint density at radius 1 is 1.50 bits per heavy atom. The highest BCUT2D eigenvalue weighted by atomic mass is 15.2. The summed E-state index contributed by atoms with van der Waals surface area (Å²) in [6.45, 7) is 0.739. The summed E-state index contributed by atoms with van der Waals surface area (Å²) in [6.07, 6.45) is 9.51. The zero-order chi connectivity index (χ0) is 8.39. The highest BCUT2D eigenvalue weighted by molar-refractivity contribution is 5.96. The maximum absolute atomic E-state index is 8.60. The monoisotopic (exact) mass is 157 g/mol. The van der Waals surface area contributed by atoms with Gasteiger partial charge in [0.2, 0.25) is 0 Å². The summed E-state index contributed by atoms with van der Waals surface area (Å²) < 4.78 is 0. The fourth-order valence-corrected chi connectivity index (χ4v) is 1.15. The first kappa shape index (κ1) is 6.86. The fraction of sp³-hybridized carbons (Fsp3) is 0.111. The molecule has 0 aliphatic carbocycles. The molecule has 2 rings (SSSR count). The van der Waals surface area contributed by atoms with E-state index in [0.717, 1.165) is 12.4 Å². The van der Waals surface area contributed by atoms with Crippen LogP contribution in [0.5, 0.6) is 0 Å². The van der Waals surface area contributed by atoms with E-state index in [-0.39, 0.29) is 0 Å². The molecule has 0 atom stereocenters. The Morgan fingerprint density at radius 3 is 3.25 bits per heavy atom. The van der Waals surface area contributed by atoms with Gasteiger partial charge in [0.15, 0.2) is 0 Å². The van der Waals surface area contributed by atoms with E-state index in [9.17, 15) is 0 Å². The van der Waals surface area contributed by atoms with E-state index < -0.39 is 0 Å². The van der Waals surface area contributed by atoms with Crippen molar-refractivity contribution in [3.63, 3.8) is 0 Å². The van der Waals surface area contributed by atoms with E-state index >= 15 is 0 Å². The summed E-state index contributed by atoms with van der Waals surface area (Å²) in [6, 6.07) is 2.03. The van der Waals surface area contributed by atoms with E-state index in [1.807, 2.05) is 41.5 Å². The van der Waals surface area contributed by atoms with Crippen molar-refractivity contribution in [3.8, 4) is 6.07 Å². The number of hydrogen-bond acceptors (Lipinski definition) is 3. The third kappa shape index (κ3) is 1.04. The first-order valence-corrected chi connectivity index (χ1v) is 3.70. The number of rotatable bonds is 0. The van der Waals surface area contributed by atoms with Gasteiger partial charge >= 0.3 is 0 Å². The third-order valence-electron chi connectivity index (χ3n) is 1.75. The van der Waals surface area contributed by atoms with Crippen molar-refractivity contribution in [1.29, 1.82) is 5.26 Å². The van der Waals surface area contributed by atoms with Gasteiger partial charge in [0.1, 0.15) is 17.6 Å². The SMILES string of the molecule is N#CC1=CCN2C=CC=CC2=N1. The quantitative estimate of drug-likeness (QED) is 0.530. The Hall–Kier alpha value is -1.82. The Labute approximate surface area is 70.6 Å². The van der Waals surface area contributed by atoms with Crippen LogP contribution >= 0.6 is 0 Å². The minimum atomic E-state index is 0.501. The Morgan fingerprint density at radius 2 is 2.42 bits per heavy atom. The van der Waals surface area contributed by atoms with Crippen molar-refractivity contribution in [2.75, 3.05) is 6.54 Å². The molecule has 2 aliphatic heterocycles. The molecular weight excluding hydrogens is 150 g/mol. The molecule has 3 heteroatoms. The molecule has 0 aromatic rings. The van der Waals surface area contributed by atoms with Crippen molar-refractivity contribution in [2.24, 2.45) is 4.99 Å². The van der Waals surface area contributed by atoms with E-state index in [2.05, 4.69) is 4.99 Å². The van der Waals surface area contributed by atoms with Crippen LogP contribution in [0, 0.1) is 11.3 Å².